The highest BCUT2D eigenvalue weighted by Crippen LogP contribution is 2.26. The highest BCUT2D eigenvalue weighted by molar-refractivity contribution is 5.33. The molecule has 106 valence electrons. The van der Waals surface area contributed by atoms with Gasteiger partial charge >= 0.3 is 0 Å². The largest absolute Gasteiger partial charge is 0.488 e. The Morgan fingerprint density at radius 1 is 1.32 bits per heavy atom. The first-order valence-corrected chi connectivity index (χ1v) is 7.37. The Balaban J connectivity index is 2.04. The molecule has 0 amide bonds. The number of halogens is 1. The van der Waals surface area contributed by atoms with Gasteiger partial charge in [-0.05, 0) is 50.8 Å². The third-order valence-corrected chi connectivity index (χ3v) is 3.79. The fourth-order valence-electron chi connectivity index (χ4n) is 2.67. The second kappa shape index (κ2) is 6.90. The van der Waals surface area contributed by atoms with Gasteiger partial charge in [-0.25, -0.2) is 4.39 Å². The molecule has 0 aliphatic heterocycles. The first-order valence-electron chi connectivity index (χ1n) is 7.37. The molecule has 3 heteroatoms. The van der Waals surface area contributed by atoms with Crippen molar-refractivity contribution in [2.24, 2.45) is 0 Å². The quantitative estimate of drug-likeness (QED) is 0.873. The second-order valence-corrected chi connectivity index (χ2v) is 5.41. The SMILES string of the molecule is CCCNC1CCCCC1Oc1cc(F)ccc1C. The number of nitrogens with one attached hydrogen (secondary N) is 1. The van der Waals surface area contributed by atoms with Gasteiger partial charge in [0.2, 0.25) is 0 Å². The van der Waals surface area contributed by atoms with Crippen molar-refractivity contribution in [3.8, 4) is 5.75 Å². The first-order chi connectivity index (χ1) is 9.20. The number of hydrogen-bond donors (Lipinski definition) is 1. The molecule has 0 bridgehead atoms. The van der Waals surface area contributed by atoms with Crippen molar-refractivity contribution in [2.75, 3.05) is 6.54 Å². The first kappa shape index (κ1) is 14.3. The lowest BCUT2D eigenvalue weighted by Gasteiger charge is -2.33. The topological polar surface area (TPSA) is 21.3 Å². The Morgan fingerprint density at radius 3 is 2.89 bits per heavy atom. The molecule has 1 fully saturated rings. The van der Waals surface area contributed by atoms with E-state index in [2.05, 4.69) is 12.2 Å². The molecule has 1 aliphatic rings. The average Bonchev–Trinajstić information content (AvgIpc) is 2.42. The molecule has 2 unspecified atom stereocenters. The Morgan fingerprint density at radius 2 is 2.11 bits per heavy atom. The maximum atomic E-state index is 13.3. The van der Waals surface area contributed by atoms with Crippen LogP contribution in [0, 0.1) is 12.7 Å². The second-order valence-electron chi connectivity index (χ2n) is 5.41. The highest BCUT2D eigenvalue weighted by atomic mass is 19.1. The van der Waals surface area contributed by atoms with Crippen molar-refractivity contribution >= 4 is 0 Å². The van der Waals surface area contributed by atoms with Crippen LogP contribution in [0.2, 0.25) is 0 Å². The molecule has 1 saturated carbocycles. The summed E-state index contributed by atoms with van der Waals surface area (Å²) in [4.78, 5) is 0. The number of benzene rings is 1. The summed E-state index contributed by atoms with van der Waals surface area (Å²) in [5.74, 6) is 0.463. The molecule has 1 aliphatic carbocycles. The highest BCUT2D eigenvalue weighted by Gasteiger charge is 2.26. The predicted octanol–water partition coefficient (Wildman–Crippen LogP) is 3.82. The molecule has 2 rings (SSSR count). The summed E-state index contributed by atoms with van der Waals surface area (Å²) in [6.07, 6.45) is 5.95. The summed E-state index contributed by atoms with van der Waals surface area (Å²) < 4.78 is 19.4. The van der Waals surface area contributed by atoms with Crippen LogP contribution in [0.5, 0.6) is 5.75 Å². The third-order valence-electron chi connectivity index (χ3n) is 3.79. The summed E-state index contributed by atoms with van der Waals surface area (Å²) in [6.45, 7) is 5.15. The molecule has 1 aromatic carbocycles. The zero-order chi connectivity index (χ0) is 13.7. The molecular formula is C16H24FNO. The van der Waals surface area contributed by atoms with Crippen molar-refractivity contribution in [1.82, 2.24) is 5.32 Å². The van der Waals surface area contributed by atoms with Crippen molar-refractivity contribution in [1.29, 1.82) is 0 Å². The van der Waals surface area contributed by atoms with E-state index in [-0.39, 0.29) is 11.9 Å². The van der Waals surface area contributed by atoms with E-state index in [0.29, 0.717) is 11.8 Å². The zero-order valence-corrected chi connectivity index (χ0v) is 11.9. The molecule has 1 aromatic rings. The van der Waals surface area contributed by atoms with Crippen molar-refractivity contribution in [2.45, 2.75) is 58.1 Å². The van der Waals surface area contributed by atoms with Crippen molar-refractivity contribution in [3.63, 3.8) is 0 Å². The Kier molecular flexibility index (Phi) is 5.20. The minimum atomic E-state index is -0.227. The third kappa shape index (κ3) is 3.93. The van der Waals surface area contributed by atoms with Gasteiger partial charge in [0.25, 0.3) is 0 Å². The lowest BCUT2D eigenvalue weighted by molar-refractivity contribution is 0.113. The summed E-state index contributed by atoms with van der Waals surface area (Å²) in [6, 6.07) is 5.16. The molecular weight excluding hydrogens is 241 g/mol. The van der Waals surface area contributed by atoms with E-state index in [4.69, 9.17) is 4.74 Å². The smallest absolute Gasteiger partial charge is 0.126 e. The molecule has 2 nitrogen and oxygen atoms in total. The number of ether oxygens (including phenoxy) is 1. The van der Waals surface area contributed by atoms with Crippen LogP contribution >= 0.6 is 0 Å². The van der Waals surface area contributed by atoms with Gasteiger partial charge in [0.1, 0.15) is 17.7 Å². The average molecular weight is 265 g/mol. The van der Waals surface area contributed by atoms with E-state index in [1.54, 1.807) is 6.07 Å². The molecule has 0 heterocycles. The monoisotopic (exact) mass is 265 g/mol. The molecule has 0 aromatic heterocycles. The van der Waals surface area contributed by atoms with Crippen LogP contribution in [-0.4, -0.2) is 18.7 Å². The van der Waals surface area contributed by atoms with E-state index >= 15 is 0 Å². The fourth-order valence-corrected chi connectivity index (χ4v) is 2.67. The maximum Gasteiger partial charge on any atom is 0.126 e. The van der Waals surface area contributed by atoms with Crippen molar-refractivity contribution in [3.05, 3.63) is 29.6 Å². The van der Waals surface area contributed by atoms with E-state index in [1.807, 2.05) is 6.92 Å². The molecule has 0 spiro atoms. The van der Waals surface area contributed by atoms with E-state index in [9.17, 15) is 4.39 Å². The van der Waals surface area contributed by atoms with Crippen LogP contribution in [0.4, 0.5) is 4.39 Å². The lowest BCUT2D eigenvalue weighted by atomic mass is 9.92. The zero-order valence-electron chi connectivity index (χ0n) is 11.9. The summed E-state index contributed by atoms with van der Waals surface area (Å²) >= 11 is 0. The van der Waals surface area contributed by atoms with Gasteiger partial charge in [0.05, 0.1) is 0 Å². The van der Waals surface area contributed by atoms with Gasteiger partial charge in [0.15, 0.2) is 0 Å². The Bertz CT molecular complexity index is 408. The maximum absolute atomic E-state index is 13.3. The predicted molar refractivity (Wildman–Crippen MR) is 76.1 cm³/mol. The fraction of sp³-hybridized carbons (Fsp3) is 0.625. The molecule has 1 N–H and O–H groups in total. The Hall–Kier alpha value is -1.09. The standard InChI is InChI=1S/C16H24FNO/c1-3-10-18-14-6-4-5-7-15(14)19-16-11-13(17)9-8-12(16)2/h8-9,11,14-15,18H,3-7,10H2,1-2H3. The van der Waals surface area contributed by atoms with Crippen LogP contribution < -0.4 is 10.1 Å². The Labute approximate surface area is 115 Å². The van der Waals surface area contributed by atoms with Gasteiger partial charge in [-0.2, -0.15) is 0 Å². The summed E-state index contributed by atoms with van der Waals surface area (Å²) in [5.41, 5.74) is 1.00. The van der Waals surface area contributed by atoms with E-state index < -0.39 is 0 Å². The number of aryl methyl sites for hydroxylation is 1. The summed E-state index contributed by atoms with van der Waals surface area (Å²) in [7, 11) is 0. The minimum Gasteiger partial charge on any atom is -0.488 e. The molecule has 0 saturated heterocycles. The van der Waals surface area contributed by atoms with Gasteiger partial charge < -0.3 is 10.1 Å². The van der Waals surface area contributed by atoms with Crippen molar-refractivity contribution < 1.29 is 9.13 Å². The molecule has 2 atom stereocenters. The summed E-state index contributed by atoms with van der Waals surface area (Å²) in [5, 5.41) is 3.56. The van der Waals surface area contributed by atoms with Crippen LogP contribution in [0.15, 0.2) is 18.2 Å². The minimum absolute atomic E-state index is 0.167. The normalized spacial score (nSPS) is 23.3. The van der Waals surface area contributed by atoms with E-state index in [1.165, 1.54) is 25.0 Å². The van der Waals surface area contributed by atoms with Gasteiger partial charge in [-0.1, -0.05) is 19.4 Å². The van der Waals surface area contributed by atoms with Gasteiger partial charge in [-0.15, -0.1) is 0 Å². The number of hydrogen-bond acceptors (Lipinski definition) is 2. The van der Waals surface area contributed by atoms with Crippen LogP contribution in [0.3, 0.4) is 0 Å². The van der Waals surface area contributed by atoms with E-state index in [0.717, 1.165) is 31.4 Å². The van der Waals surface area contributed by atoms with Crippen LogP contribution in [0.1, 0.15) is 44.6 Å². The number of rotatable bonds is 5. The van der Waals surface area contributed by atoms with Gasteiger partial charge in [0, 0.05) is 12.1 Å². The molecule has 0 radical (unpaired) electrons. The van der Waals surface area contributed by atoms with Gasteiger partial charge in [-0.3, -0.25) is 0 Å². The van der Waals surface area contributed by atoms with Crippen LogP contribution in [0.25, 0.3) is 0 Å². The lowest BCUT2D eigenvalue weighted by Crippen LogP contribution is -2.45. The van der Waals surface area contributed by atoms with Crippen LogP contribution in [-0.2, 0) is 0 Å². The molecule has 19 heavy (non-hydrogen) atoms.